The van der Waals surface area contributed by atoms with Gasteiger partial charge in [-0.15, -0.1) is 0 Å². The molecule has 1 aromatic carbocycles. The van der Waals surface area contributed by atoms with Gasteiger partial charge >= 0.3 is 5.69 Å². The van der Waals surface area contributed by atoms with E-state index < -0.39 is 11.2 Å². The van der Waals surface area contributed by atoms with E-state index >= 15 is 0 Å². The van der Waals surface area contributed by atoms with Gasteiger partial charge in [0.1, 0.15) is 0 Å². The second kappa shape index (κ2) is 3.69. The highest BCUT2D eigenvalue weighted by molar-refractivity contribution is 5.86. The number of nitrogens with zero attached hydrogens (tertiary/aromatic N) is 3. The van der Waals surface area contributed by atoms with Crippen LogP contribution in [0.4, 0.5) is 0 Å². The summed E-state index contributed by atoms with van der Waals surface area (Å²) in [6, 6.07) is 8.89. The molecule has 3 aromatic rings. The smallest absolute Gasteiger partial charge is 0.274 e. The van der Waals surface area contributed by atoms with Gasteiger partial charge in [0, 0.05) is 24.7 Å². The predicted octanol–water partition coefficient (Wildman–Crippen LogP) is 0.412. The summed E-state index contributed by atoms with van der Waals surface area (Å²) in [6.45, 7) is 0. The molecule has 90 valence electrons. The van der Waals surface area contributed by atoms with Crippen LogP contribution in [0.3, 0.4) is 0 Å². The van der Waals surface area contributed by atoms with Crippen LogP contribution >= 0.6 is 0 Å². The number of aromatic amines is 1. The lowest BCUT2D eigenvalue weighted by Gasteiger charge is -1.99. The van der Waals surface area contributed by atoms with Crippen molar-refractivity contribution >= 4 is 10.9 Å². The highest BCUT2D eigenvalue weighted by atomic mass is 16.2. The van der Waals surface area contributed by atoms with Gasteiger partial charge in [0.2, 0.25) is 0 Å². The number of rotatable bonds is 1. The third kappa shape index (κ3) is 1.46. The lowest BCUT2D eigenvalue weighted by atomic mass is 10.2. The van der Waals surface area contributed by atoms with E-state index in [4.69, 9.17) is 0 Å². The highest BCUT2D eigenvalue weighted by Gasteiger charge is 2.10. The van der Waals surface area contributed by atoms with E-state index in [-0.39, 0.29) is 0 Å². The predicted molar refractivity (Wildman–Crippen MR) is 66.9 cm³/mol. The molecular formula is C12H10N4O2. The Kier molecular flexibility index (Phi) is 2.16. The molecule has 0 saturated carbocycles. The fraction of sp³-hybridized carbons (Fsp3) is 0.0833. The van der Waals surface area contributed by atoms with Gasteiger partial charge in [-0.1, -0.05) is 12.1 Å². The zero-order valence-corrected chi connectivity index (χ0v) is 9.62. The maximum Gasteiger partial charge on any atom is 0.334 e. The summed E-state index contributed by atoms with van der Waals surface area (Å²) in [7, 11) is 1.81. The van der Waals surface area contributed by atoms with E-state index in [0.717, 1.165) is 10.9 Å². The molecule has 6 nitrogen and oxygen atoms in total. The number of aromatic nitrogens is 4. The minimum atomic E-state index is -0.494. The van der Waals surface area contributed by atoms with Gasteiger partial charge in [-0.05, 0) is 12.1 Å². The van der Waals surface area contributed by atoms with E-state index in [2.05, 4.69) is 10.1 Å². The Morgan fingerprint density at radius 2 is 1.94 bits per heavy atom. The first kappa shape index (κ1) is 10.5. The normalized spacial score (nSPS) is 10.9. The topological polar surface area (TPSA) is 72.7 Å². The van der Waals surface area contributed by atoms with E-state index in [9.17, 15) is 9.59 Å². The number of hydrogen-bond acceptors (Lipinski definition) is 3. The molecule has 6 heteroatoms. The summed E-state index contributed by atoms with van der Waals surface area (Å²) in [4.78, 5) is 25.0. The van der Waals surface area contributed by atoms with Crippen molar-refractivity contribution in [2.75, 3.05) is 0 Å². The fourth-order valence-electron chi connectivity index (χ4n) is 1.96. The zero-order valence-electron chi connectivity index (χ0n) is 9.62. The van der Waals surface area contributed by atoms with Crippen molar-refractivity contribution in [3.8, 4) is 5.82 Å². The minimum absolute atomic E-state index is 0.420. The molecule has 0 atom stereocenters. The molecule has 3 rings (SSSR count). The maximum atomic E-state index is 11.8. The number of nitrogens with one attached hydrogen (secondary N) is 1. The fourth-order valence-corrected chi connectivity index (χ4v) is 1.96. The third-order valence-electron chi connectivity index (χ3n) is 2.79. The maximum absolute atomic E-state index is 11.8. The van der Waals surface area contributed by atoms with E-state index in [1.807, 2.05) is 31.3 Å². The number of para-hydroxylation sites is 1. The molecule has 18 heavy (non-hydrogen) atoms. The summed E-state index contributed by atoms with van der Waals surface area (Å²) in [5.41, 5.74) is 0.00781. The van der Waals surface area contributed by atoms with Crippen molar-refractivity contribution in [3.63, 3.8) is 0 Å². The number of hydrogen-bond donors (Lipinski definition) is 1. The number of benzene rings is 1. The Morgan fingerprint density at radius 1 is 1.17 bits per heavy atom. The lowest BCUT2D eigenvalue weighted by Crippen LogP contribution is -2.27. The SMILES string of the molecule is Cn1nc(-n2ccc(=O)[nH]c2=O)c2ccccc21. The first-order chi connectivity index (χ1) is 8.66. The van der Waals surface area contributed by atoms with Crippen molar-refractivity contribution in [2.24, 2.45) is 7.05 Å². The highest BCUT2D eigenvalue weighted by Crippen LogP contribution is 2.19. The van der Waals surface area contributed by atoms with Crippen molar-refractivity contribution in [1.82, 2.24) is 19.3 Å². The molecule has 1 N–H and O–H groups in total. The average molecular weight is 242 g/mol. The number of H-pyrrole nitrogens is 1. The van der Waals surface area contributed by atoms with Crippen molar-refractivity contribution in [1.29, 1.82) is 0 Å². The Balaban J connectivity index is 2.39. The van der Waals surface area contributed by atoms with Gasteiger partial charge in [0.25, 0.3) is 5.56 Å². The van der Waals surface area contributed by atoms with E-state index in [1.165, 1.54) is 16.8 Å². The van der Waals surface area contributed by atoms with Gasteiger partial charge in [0.05, 0.1) is 5.52 Å². The number of fused-ring (bicyclic) bond motifs is 1. The second-order valence-electron chi connectivity index (χ2n) is 3.94. The van der Waals surface area contributed by atoms with Crippen LogP contribution in [0.1, 0.15) is 0 Å². The summed E-state index contributed by atoms with van der Waals surface area (Å²) in [5.74, 6) is 0.509. The minimum Gasteiger partial charge on any atom is -0.274 e. The van der Waals surface area contributed by atoms with Gasteiger partial charge in [-0.2, -0.15) is 5.10 Å². The van der Waals surface area contributed by atoms with Crippen molar-refractivity contribution in [3.05, 3.63) is 57.4 Å². The molecule has 0 amide bonds. The molecule has 2 heterocycles. The van der Waals surface area contributed by atoms with Gasteiger partial charge in [-0.3, -0.25) is 19.0 Å². The summed E-state index contributed by atoms with van der Waals surface area (Å²) >= 11 is 0. The molecule has 0 spiro atoms. The van der Waals surface area contributed by atoms with E-state index in [1.54, 1.807) is 4.68 Å². The van der Waals surface area contributed by atoms with Crippen LogP contribution in [0.25, 0.3) is 16.7 Å². The first-order valence-electron chi connectivity index (χ1n) is 5.41. The Hall–Kier alpha value is -2.63. The quantitative estimate of drug-likeness (QED) is 0.671. The third-order valence-corrected chi connectivity index (χ3v) is 2.79. The molecule has 0 saturated heterocycles. The number of aryl methyl sites for hydroxylation is 1. The van der Waals surface area contributed by atoms with Crippen molar-refractivity contribution in [2.45, 2.75) is 0 Å². The Bertz CT molecular complexity index is 841. The van der Waals surface area contributed by atoms with Gasteiger partial charge in [-0.25, -0.2) is 4.79 Å². The molecule has 2 aromatic heterocycles. The average Bonchev–Trinajstić information content (AvgIpc) is 2.68. The largest absolute Gasteiger partial charge is 0.334 e. The van der Waals surface area contributed by atoms with Crippen LogP contribution in [0.2, 0.25) is 0 Å². The molecule has 0 bridgehead atoms. The van der Waals surface area contributed by atoms with Crippen LogP contribution in [0.5, 0.6) is 0 Å². The molecule has 0 radical (unpaired) electrons. The Labute approximate surface area is 101 Å². The van der Waals surface area contributed by atoms with E-state index in [0.29, 0.717) is 5.82 Å². The summed E-state index contributed by atoms with van der Waals surface area (Å²) in [6.07, 6.45) is 1.43. The van der Waals surface area contributed by atoms with Crippen molar-refractivity contribution < 1.29 is 0 Å². The standard InChI is InChI=1S/C12H10N4O2/c1-15-9-5-3-2-4-8(9)11(14-15)16-7-6-10(17)13-12(16)18/h2-7H,1H3,(H,13,17,18). The lowest BCUT2D eigenvalue weighted by molar-refractivity contribution is 0.759. The summed E-state index contributed by atoms with van der Waals surface area (Å²) in [5, 5.41) is 5.16. The van der Waals surface area contributed by atoms with Crippen LogP contribution in [-0.4, -0.2) is 19.3 Å². The zero-order chi connectivity index (χ0) is 12.7. The molecule has 0 fully saturated rings. The summed E-state index contributed by atoms with van der Waals surface area (Å²) < 4.78 is 3.02. The van der Waals surface area contributed by atoms with Crippen LogP contribution in [0.15, 0.2) is 46.1 Å². The monoisotopic (exact) mass is 242 g/mol. The van der Waals surface area contributed by atoms with Crippen LogP contribution in [0, 0.1) is 0 Å². The molecular weight excluding hydrogens is 232 g/mol. The Morgan fingerprint density at radius 3 is 2.72 bits per heavy atom. The van der Waals surface area contributed by atoms with Gasteiger partial charge in [0.15, 0.2) is 5.82 Å². The van der Waals surface area contributed by atoms with Gasteiger partial charge < -0.3 is 0 Å². The molecule has 0 aliphatic heterocycles. The second-order valence-corrected chi connectivity index (χ2v) is 3.94. The molecule has 0 aliphatic carbocycles. The molecule has 0 aliphatic rings. The van der Waals surface area contributed by atoms with Crippen LogP contribution < -0.4 is 11.2 Å². The van der Waals surface area contributed by atoms with Crippen LogP contribution in [-0.2, 0) is 7.05 Å². The first-order valence-corrected chi connectivity index (χ1v) is 5.41. The molecule has 0 unspecified atom stereocenters.